The second-order valence-corrected chi connectivity index (χ2v) is 8.28. The predicted octanol–water partition coefficient (Wildman–Crippen LogP) is 4.29. The number of benzene rings is 1. The van der Waals surface area contributed by atoms with E-state index >= 15 is 0 Å². The molecule has 0 bridgehead atoms. The zero-order valence-electron chi connectivity index (χ0n) is 16.7. The molecule has 2 atom stereocenters. The Hall–Kier alpha value is -2.86. The smallest absolute Gasteiger partial charge is 0.336 e. The first-order valence-corrected chi connectivity index (χ1v) is 10.4. The number of hydrogen-bond acceptors (Lipinski definition) is 6. The third-order valence-electron chi connectivity index (χ3n) is 5.61. The molecule has 29 heavy (non-hydrogen) atoms. The van der Waals surface area contributed by atoms with Crippen LogP contribution in [0.4, 0.5) is 0 Å². The van der Waals surface area contributed by atoms with Crippen LogP contribution in [0.5, 0.6) is 5.75 Å². The van der Waals surface area contributed by atoms with Crippen molar-refractivity contribution in [2.24, 2.45) is 0 Å². The maximum atomic E-state index is 13.3. The van der Waals surface area contributed by atoms with E-state index in [1.165, 1.54) is 12.0 Å². The first-order chi connectivity index (χ1) is 14.0. The van der Waals surface area contributed by atoms with Crippen LogP contribution in [-0.4, -0.2) is 26.0 Å². The van der Waals surface area contributed by atoms with Gasteiger partial charge >= 0.3 is 5.97 Å². The van der Waals surface area contributed by atoms with Crippen LogP contribution in [0.2, 0.25) is 0 Å². The molecular weight excluding hydrogens is 386 g/mol. The molecule has 0 saturated heterocycles. The van der Waals surface area contributed by atoms with Crippen LogP contribution in [0.3, 0.4) is 0 Å². The van der Waals surface area contributed by atoms with Crippen LogP contribution in [0.15, 0.2) is 64.3 Å². The molecule has 0 fully saturated rings. The van der Waals surface area contributed by atoms with Gasteiger partial charge in [-0.05, 0) is 42.5 Å². The van der Waals surface area contributed by atoms with Crippen molar-refractivity contribution in [1.29, 1.82) is 0 Å². The van der Waals surface area contributed by atoms with Gasteiger partial charge in [0.2, 0.25) is 0 Å². The molecule has 0 saturated carbocycles. The van der Waals surface area contributed by atoms with Crippen molar-refractivity contribution in [3.05, 3.63) is 74.8 Å². The SMILES string of the molecule is COC(=O)C1=C(C)NC2=C(C(=O)C[C@H](c3cccs3)C2)[C@@H]1c1cccc(OC)c1. The molecule has 2 aliphatic rings. The summed E-state index contributed by atoms with van der Waals surface area (Å²) in [7, 11) is 2.97. The van der Waals surface area contributed by atoms with Gasteiger partial charge < -0.3 is 14.8 Å². The van der Waals surface area contributed by atoms with Crippen molar-refractivity contribution in [1.82, 2.24) is 5.32 Å². The largest absolute Gasteiger partial charge is 0.497 e. The Morgan fingerprint density at radius 2 is 2.00 bits per heavy atom. The monoisotopic (exact) mass is 409 g/mol. The Bertz CT molecular complexity index is 1020. The highest BCUT2D eigenvalue weighted by atomic mass is 32.1. The van der Waals surface area contributed by atoms with E-state index < -0.39 is 11.9 Å². The third kappa shape index (κ3) is 3.49. The van der Waals surface area contributed by atoms with Crippen LogP contribution in [0.25, 0.3) is 0 Å². The Kier molecular flexibility index (Phi) is 5.28. The van der Waals surface area contributed by atoms with Gasteiger partial charge in [0, 0.05) is 40.1 Å². The summed E-state index contributed by atoms with van der Waals surface area (Å²) in [6, 6.07) is 11.6. The number of methoxy groups -OCH3 is 2. The lowest BCUT2D eigenvalue weighted by molar-refractivity contribution is -0.136. The molecule has 6 heteroatoms. The third-order valence-corrected chi connectivity index (χ3v) is 6.64. The number of hydrogen-bond donors (Lipinski definition) is 1. The van der Waals surface area contributed by atoms with E-state index in [0.717, 1.165) is 23.4 Å². The molecule has 2 heterocycles. The highest BCUT2D eigenvalue weighted by Gasteiger charge is 2.41. The molecule has 0 radical (unpaired) electrons. The second kappa shape index (κ2) is 7.87. The molecule has 1 aromatic carbocycles. The maximum Gasteiger partial charge on any atom is 0.336 e. The summed E-state index contributed by atoms with van der Waals surface area (Å²) >= 11 is 1.68. The van der Waals surface area contributed by atoms with Crippen molar-refractivity contribution < 1.29 is 19.1 Å². The normalized spacial score (nSPS) is 21.6. The lowest BCUT2D eigenvalue weighted by atomic mass is 9.72. The van der Waals surface area contributed by atoms with E-state index in [0.29, 0.717) is 23.3 Å². The average molecular weight is 410 g/mol. The average Bonchev–Trinajstić information content (AvgIpc) is 3.27. The second-order valence-electron chi connectivity index (χ2n) is 7.30. The number of nitrogens with one attached hydrogen (secondary N) is 1. The lowest BCUT2D eigenvalue weighted by Gasteiger charge is -2.36. The number of carbonyl (C=O) groups excluding carboxylic acids is 2. The Labute approximate surface area is 174 Å². The topological polar surface area (TPSA) is 64.6 Å². The van der Waals surface area contributed by atoms with Gasteiger partial charge in [-0.3, -0.25) is 4.79 Å². The van der Waals surface area contributed by atoms with Gasteiger partial charge in [0.05, 0.1) is 19.8 Å². The van der Waals surface area contributed by atoms with Crippen molar-refractivity contribution >= 4 is 23.1 Å². The van der Waals surface area contributed by atoms with E-state index in [9.17, 15) is 9.59 Å². The Morgan fingerprint density at radius 3 is 2.69 bits per heavy atom. The fraction of sp³-hybridized carbons (Fsp3) is 0.304. The molecular formula is C23H23NO4S. The van der Waals surface area contributed by atoms with E-state index in [1.54, 1.807) is 18.4 Å². The molecule has 0 amide bonds. The number of dihydropyridines is 1. The number of carbonyl (C=O) groups is 2. The summed E-state index contributed by atoms with van der Waals surface area (Å²) in [4.78, 5) is 27.2. The first kappa shape index (κ1) is 19.5. The van der Waals surface area contributed by atoms with Gasteiger partial charge in [0.1, 0.15) is 5.75 Å². The fourth-order valence-electron chi connectivity index (χ4n) is 4.30. The molecule has 5 nitrogen and oxygen atoms in total. The van der Waals surface area contributed by atoms with E-state index in [1.807, 2.05) is 42.6 Å². The molecule has 150 valence electrons. The van der Waals surface area contributed by atoms with Crippen LogP contribution in [0, 0.1) is 0 Å². The molecule has 1 N–H and O–H groups in total. The summed E-state index contributed by atoms with van der Waals surface area (Å²) in [5.74, 6) is 0.0176. The highest BCUT2D eigenvalue weighted by molar-refractivity contribution is 7.10. The Balaban J connectivity index is 1.83. The zero-order valence-corrected chi connectivity index (χ0v) is 17.5. The summed E-state index contributed by atoms with van der Waals surface area (Å²) in [6.45, 7) is 1.86. The molecule has 1 aromatic heterocycles. The van der Waals surface area contributed by atoms with Gasteiger partial charge in [-0.25, -0.2) is 4.79 Å². The minimum Gasteiger partial charge on any atom is -0.497 e. The standard InChI is InChI=1S/C23H23NO4S/c1-13-20(23(26)28-3)21(14-6-4-7-16(10-14)27-2)22-17(24-13)11-15(12-18(22)25)19-8-5-9-29-19/h4-10,15,21,24H,11-12H2,1-3H3/t15-,21-/m1/s1. The van der Waals surface area contributed by atoms with Crippen molar-refractivity contribution in [2.75, 3.05) is 14.2 Å². The predicted molar refractivity (Wildman–Crippen MR) is 112 cm³/mol. The molecule has 0 spiro atoms. The van der Waals surface area contributed by atoms with Crippen molar-refractivity contribution in [3.8, 4) is 5.75 Å². The van der Waals surface area contributed by atoms with Crippen LogP contribution >= 0.6 is 11.3 Å². The van der Waals surface area contributed by atoms with E-state index in [4.69, 9.17) is 9.47 Å². The molecule has 0 unspecified atom stereocenters. The van der Waals surface area contributed by atoms with Crippen LogP contribution in [-0.2, 0) is 14.3 Å². The quantitative estimate of drug-likeness (QED) is 0.763. The number of esters is 1. The maximum absolute atomic E-state index is 13.3. The van der Waals surface area contributed by atoms with E-state index in [2.05, 4.69) is 11.4 Å². The van der Waals surface area contributed by atoms with Crippen LogP contribution in [0.1, 0.15) is 42.0 Å². The molecule has 4 rings (SSSR count). The van der Waals surface area contributed by atoms with Gasteiger partial charge in [0.25, 0.3) is 0 Å². The Morgan fingerprint density at radius 1 is 1.17 bits per heavy atom. The minimum atomic E-state index is -0.467. The summed E-state index contributed by atoms with van der Waals surface area (Å²) in [5, 5.41) is 5.38. The number of thiophene rings is 1. The number of Topliss-reactive ketones (excluding diaryl/α,β-unsaturated/α-hetero) is 1. The number of allylic oxidation sites excluding steroid dienone is 3. The van der Waals surface area contributed by atoms with Gasteiger partial charge in [0.15, 0.2) is 5.78 Å². The summed E-state index contributed by atoms with van der Waals surface area (Å²) in [5.41, 5.74) is 3.61. The fourth-order valence-corrected chi connectivity index (χ4v) is 5.13. The van der Waals surface area contributed by atoms with Crippen molar-refractivity contribution in [3.63, 3.8) is 0 Å². The molecule has 1 aliphatic heterocycles. The van der Waals surface area contributed by atoms with Crippen molar-refractivity contribution in [2.45, 2.75) is 31.6 Å². The summed E-state index contributed by atoms with van der Waals surface area (Å²) in [6.07, 6.45) is 1.18. The highest BCUT2D eigenvalue weighted by Crippen LogP contribution is 2.46. The molecule has 2 aromatic rings. The van der Waals surface area contributed by atoms with Gasteiger partial charge in [-0.15, -0.1) is 11.3 Å². The summed E-state index contributed by atoms with van der Waals surface area (Å²) < 4.78 is 10.4. The molecule has 1 aliphatic carbocycles. The van der Waals surface area contributed by atoms with Crippen LogP contribution < -0.4 is 10.1 Å². The zero-order chi connectivity index (χ0) is 20.5. The minimum absolute atomic E-state index is 0.0684. The van der Waals surface area contributed by atoms with E-state index in [-0.39, 0.29) is 11.7 Å². The van der Waals surface area contributed by atoms with Gasteiger partial charge in [-0.2, -0.15) is 0 Å². The first-order valence-electron chi connectivity index (χ1n) is 9.53. The van der Waals surface area contributed by atoms with Gasteiger partial charge in [-0.1, -0.05) is 18.2 Å². The number of rotatable bonds is 4. The number of ketones is 1. The number of ether oxygens (including phenoxy) is 2. The lowest BCUT2D eigenvalue weighted by Crippen LogP contribution is -2.35.